The molecule has 1 heterocycles. The summed E-state index contributed by atoms with van der Waals surface area (Å²) < 4.78 is 25.4. The highest BCUT2D eigenvalue weighted by atomic mass is 32.2. The number of amides is 1. The number of carbonyl (C=O) groups excluding carboxylic acids is 1. The van der Waals surface area contributed by atoms with Gasteiger partial charge in [-0.3, -0.25) is 4.79 Å². The molecule has 156 valence electrons. The van der Waals surface area contributed by atoms with Crippen molar-refractivity contribution in [3.05, 3.63) is 65.2 Å². The van der Waals surface area contributed by atoms with Crippen LogP contribution in [0.3, 0.4) is 0 Å². The van der Waals surface area contributed by atoms with E-state index in [0.717, 1.165) is 36.0 Å². The largest absolute Gasteiger partial charge is 0.372 e. The third-order valence-electron chi connectivity index (χ3n) is 5.17. The maximum atomic E-state index is 12.4. The lowest BCUT2D eigenvalue weighted by Gasteiger charge is -2.20. The van der Waals surface area contributed by atoms with E-state index in [1.807, 2.05) is 43.3 Å². The second-order valence-electron chi connectivity index (χ2n) is 7.65. The highest BCUT2D eigenvalue weighted by molar-refractivity contribution is 7.88. The van der Waals surface area contributed by atoms with Crippen LogP contribution in [-0.4, -0.2) is 44.5 Å². The van der Waals surface area contributed by atoms with Gasteiger partial charge < -0.3 is 10.2 Å². The quantitative estimate of drug-likeness (QED) is 0.720. The van der Waals surface area contributed by atoms with Crippen molar-refractivity contribution in [2.75, 3.05) is 30.8 Å². The summed E-state index contributed by atoms with van der Waals surface area (Å²) in [6.07, 6.45) is 3.60. The van der Waals surface area contributed by atoms with E-state index in [2.05, 4.69) is 22.3 Å². The number of sulfonamides is 1. The van der Waals surface area contributed by atoms with E-state index in [-0.39, 0.29) is 19.0 Å². The minimum atomic E-state index is -3.50. The van der Waals surface area contributed by atoms with E-state index in [0.29, 0.717) is 6.54 Å². The van der Waals surface area contributed by atoms with Crippen molar-refractivity contribution in [1.82, 2.24) is 9.62 Å². The molecule has 1 aliphatic heterocycles. The summed E-state index contributed by atoms with van der Waals surface area (Å²) in [5.41, 5.74) is 4.16. The van der Waals surface area contributed by atoms with Crippen molar-refractivity contribution in [2.45, 2.75) is 32.9 Å². The van der Waals surface area contributed by atoms with Crippen LogP contribution < -0.4 is 10.2 Å². The van der Waals surface area contributed by atoms with Crippen LogP contribution in [-0.2, 0) is 27.9 Å². The zero-order chi connectivity index (χ0) is 20.9. The Kier molecular flexibility index (Phi) is 6.92. The van der Waals surface area contributed by atoms with E-state index in [9.17, 15) is 13.2 Å². The van der Waals surface area contributed by atoms with Gasteiger partial charge in [0.05, 0.1) is 12.8 Å². The van der Waals surface area contributed by atoms with Crippen molar-refractivity contribution in [3.8, 4) is 0 Å². The van der Waals surface area contributed by atoms with Gasteiger partial charge in [0.2, 0.25) is 15.9 Å². The Hall–Kier alpha value is -2.38. The Balaban J connectivity index is 1.55. The first kappa shape index (κ1) is 21.3. The van der Waals surface area contributed by atoms with Crippen LogP contribution >= 0.6 is 0 Å². The summed E-state index contributed by atoms with van der Waals surface area (Å²) in [5, 5.41) is 2.83. The van der Waals surface area contributed by atoms with Crippen LogP contribution in [0.1, 0.15) is 29.5 Å². The lowest BCUT2D eigenvalue weighted by Crippen LogP contribution is -2.39. The minimum absolute atomic E-state index is 0.178. The van der Waals surface area contributed by atoms with Gasteiger partial charge in [-0.15, -0.1) is 0 Å². The molecular weight excluding hydrogens is 386 g/mol. The van der Waals surface area contributed by atoms with E-state index in [4.69, 9.17) is 0 Å². The summed E-state index contributed by atoms with van der Waals surface area (Å²) in [4.78, 5) is 14.7. The molecule has 6 nitrogen and oxygen atoms in total. The molecule has 2 aromatic rings. The van der Waals surface area contributed by atoms with Gasteiger partial charge in [0, 0.05) is 31.9 Å². The van der Waals surface area contributed by atoms with Gasteiger partial charge in [-0.2, -0.15) is 4.31 Å². The molecule has 0 aliphatic carbocycles. The number of nitrogens with zero attached hydrogens (tertiary/aromatic N) is 2. The van der Waals surface area contributed by atoms with Crippen LogP contribution in [0.25, 0.3) is 0 Å². The normalized spacial score (nSPS) is 14.4. The number of benzene rings is 2. The van der Waals surface area contributed by atoms with Crippen molar-refractivity contribution in [2.24, 2.45) is 0 Å². The first-order chi connectivity index (χ1) is 13.8. The first-order valence-electron chi connectivity index (χ1n) is 9.92. The molecule has 7 heteroatoms. The van der Waals surface area contributed by atoms with E-state index in [1.54, 1.807) is 0 Å². The summed E-state index contributed by atoms with van der Waals surface area (Å²) in [6, 6.07) is 15.8. The van der Waals surface area contributed by atoms with E-state index in [1.165, 1.54) is 22.8 Å². The fourth-order valence-corrected chi connectivity index (χ4v) is 4.14. The second-order valence-corrected chi connectivity index (χ2v) is 9.64. The van der Waals surface area contributed by atoms with Crippen LogP contribution in [0, 0.1) is 6.92 Å². The predicted octanol–water partition coefficient (Wildman–Crippen LogP) is 2.67. The molecule has 0 aromatic heterocycles. The number of rotatable bonds is 8. The van der Waals surface area contributed by atoms with Gasteiger partial charge in [-0.1, -0.05) is 42.0 Å². The Labute approximate surface area is 173 Å². The van der Waals surface area contributed by atoms with Crippen molar-refractivity contribution in [3.63, 3.8) is 0 Å². The van der Waals surface area contributed by atoms with E-state index < -0.39 is 10.0 Å². The smallest absolute Gasteiger partial charge is 0.235 e. The zero-order valence-electron chi connectivity index (χ0n) is 17.1. The molecule has 1 saturated heterocycles. The third-order valence-corrected chi connectivity index (χ3v) is 6.36. The van der Waals surface area contributed by atoms with Gasteiger partial charge in [0.15, 0.2) is 0 Å². The fraction of sp³-hybridized carbons (Fsp3) is 0.409. The molecule has 29 heavy (non-hydrogen) atoms. The summed E-state index contributed by atoms with van der Waals surface area (Å²) in [7, 11) is -3.50. The standard InChI is InChI=1S/C22H29N3O3S/c1-18-5-7-20(8-6-18)16-25(29(2,27)28)17-22(26)23-15-19-9-11-21(12-10-19)24-13-3-4-14-24/h5-12H,3-4,13-17H2,1-2H3,(H,23,26). The number of nitrogens with one attached hydrogen (secondary N) is 1. The van der Waals surface area contributed by atoms with Crippen LogP contribution in [0.4, 0.5) is 5.69 Å². The van der Waals surface area contributed by atoms with Gasteiger partial charge in [-0.05, 0) is 43.0 Å². The highest BCUT2D eigenvalue weighted by Crippen LogP contribution is 2.20. The molecule has 0 spiro atoms. The molecule has 0 atom stereocenters. The molecule has 0 saturated carbocycles. The Morgan fingerprint density at radius 3 is 2.17 bits per heavy atom. The molecule has 1 aliphatic rings. The minimum Gasteiger partial charge on any atom is -0.372 e. The topological polar surface area (TPSA) is 69.7 Å². The Morgan fingerprint density at radius 2 is 1.59 bits per heavy atom. The SMILES string of the molecule is Cc1ccc(CN(CC(=O)NCc2ccc(N3CCCC3)cc2)S(C)(=O)=O)cc1. The number of hydrogen-bond acceptors (Lipinski definition) is 4. The van der Waals surface area contributed by atoms with Gasteiger partial charge in [-0.25, -0.2) is 8.42 Å². The molecule has 2 aromatic carbocycles. The van der Waals surface area contributed by atoms with Crippen LogP contribution in [0.2, 0.25) is 0 Å². The average molecular weight is 416 g/mol. The number of anilines is 1. The Morgan fingerprint density at radius 1 is 1.00 bits per heavy atom. The number of aryl methyl sites for hydroxylation is 1. The molecule has 3 rings (SSSR count). The van der Waals surface area contributed by atoms with Crippen molar-refractivity contribution >= 4 is 21.6 Å². The van der Waals surface area contributed by atoms with E-state index >= 15 is 0 Å². The monoisotopic (exact) mass is 415 g/mol. The van der Waals surface area contributed by atoms with Gasteiger partial charge in [0.25, 0.3) is 0 Å². The summed E-state index contributed by atoms with van der Waals surface area (Å²) in [5.74, 6) is -0.314. The predicted molar refractivity (Wildman–Crippen MR) is 116 cm³/mol. The molecule has 1 N–H and O–H groups in total. The highest BCUT2D eigenvalue weighted by Gasteiger charge is 2.20. The first-order valence-corrected chi connectivity index (χ1v) is 11.8. The van der Waals surface area contributed by atoms with Gasteiger partial charge >= 0.3 is 0 Å². The maximum absolute atomic E-state index is 12.4. The molecule has 0 bridgehead atoms. The van der Waals surface area contributed by atoms with Crippen molar-refractivity contribution < 1.29 is 13.2 Å². The molecule has 0 unspecified atom stereocenters. The number of carbonyl (C=O) groups is 1. The fourth-order valence-electron chi connectivity index (χ4n) is 3.40. The Bertz CT molecular complexity index is 919. The van der Waals surface area contributed by atoms with Crippen molar-refractivity contribution in [1.29, 1.82) is 0 Å². The lowest BCUT2D eigenvalue weighted by molar-refractivity contribution is -0.121. The summed E-state index contributed by atoms with van der Waals surface area (Å²) >= 11 is 0. The average Bonchev–Trinajstić information content (AvgIpc) is 3.22. The zero-order valence-corrected chi connectivity index (χ0v) is 17.9. The summed E-state index contributed by atoms with van der Waals surface area (Å²) in [6.45, 7) is 4.52. The molecule has 1 amide bonds. The second kappa shape index (κ2) is 9.41. The van der Waals surface area contributed by atoms with Crippen LogP contribution in [0.5, 0.6) is 0 Å². The molecule has 1 fully saturated rings. The molecule has 0 radical (unpaired) electrons. The number of hydrogen-bond donors (Lipinski definition) is 1. The third kappa shape index (κ3) is 6.30. The molecular formula is C22H29N3O3S. The maximum Gasteiger partial charge on any atom is 0.235 e. The van der Waals surface area contributed by atoms with Gasteiger partial charge in [0.1, 0.15) is 0 Å². The van der Waals surface area contributed by atoms with Crippen LogP contribution in [0.15, 0.2) is 48.5 Å². The lowest BCUT2D eigenvalue weighted by atomic mass is 10.1.